The first-order valence-electron chi connectivity index (χ1n) is 6.46. The van der Waals surface area contributed by atoms with Crippen molar-refractivity contribution in [2.45, 2.75) is 26.9 Å². The second-order valence-corrected chi connectivity index (χ2v) is 4.77. The number of rotatable bonds is 4. The zero-order valence-corrected chi connectivity index (χ0v) is 12.5. The van der Waals surface area contributed by atoms with Crippen molar-refractivity contribution >= 4 is 0 Å². The lowest BCUT2D eigenvalue weighted by Gasteiger charge is -2.14. The Morgan fingerprint density at radius 2 is 1.65 bits per heavy atom. The molecule has 0 radical (unpaired) electrons. The summed E-state index contributed by atoms with van der Waals surface area (Å²) < 4.78 is 16.0. The van der Waals surface area contributed by atoms with E-state index in [9.17, 15) is 5.11 Å². The molecule has 0 fully saturated rings. The molecule has 20 heavy (non-hydrogen) atoms. The van der Waals surface area contributed by atoms with Gasteiger partial charge in [0.25, 0.3) is 0 Å². The Balaban J connectivity index is 2.45. The van der Waals surface area contributed by atoms with E-state index in [1.54, 1.807) is 26.4 Å². The van der Waals surface area contributed by atoms with Crippen LogP contribution in [-0.4, -0.2) is 19.3 Å². The van der Waals surface area contributed by atoms with Crippen LogP contribution in [0.25, 0.3) is 0 Å². The van der Waals surface area contributed by atoms with E-state index in [1.807, 2.05) is 26.8 Å². The zero-order valence-electron chi connectivity index (χ0n) is 12.5. The molecule has 1 aromatic carbocycles. The summed E-state index contributed by atoms with van der Waals surface area (Å²) in [6.45, 7) is 5.71. The maximum absolute atomic E-state index is 10.6. The number of ether oxygens (including phenoxy) is 2. The lowest BCUT2D eigenvalue weighted by molar-refractivity contribution is 0.216. The van der Waals surface area contributed by atoms with Crippen molar-refractivity contribution in [2.24, 2.45) is 0 Å². The highest BCUT2D eigenvalue weighted by Gasteiger charge is 2.21. The maximum atomic E-state index is 10.6. The predicted molar refractivity (Wildman–Crippen MR) is 76.5 cm³/mol. The molecule has 2 aromatic rings. The van der Waals surface area contributed by atoms with Crippen LogP contribution in [0.2, 0.25) is 0 Å². The Kier molecular flexibility index (Phi) is 4.04. The Hall–Kier alpha value is -1.94. The second-order valence-electron chi connectivity index (χ2n) is 4.77. The molecule has 0 saturated carbocycles. The van der Waals surface area contributed by atoms with E-state index in [2.05, 4.69) is 0 Å². The molecule has 1 unspecified atom stereocenters. The Labute approximate surface area is 118 Å². The maximum Gasteiger partial charge on any atom is 0.161 e. The first kappa shape index (κ1) is 14.5. The first-order chi connectivity index (χ1) is 9.49. The fraction of sp³-hybridized carbons (Fsp3) is 0.375. The highest BCUT2D eigenvalue weighted by atomic mass is 16.5. The zero-order chi connectivity index (χ0) is 14.9. The summed E-state index contributed by atoms with van der Waals surface area (Å²) in [5.74, 6) is 2.80. The standard InChI is InChI=1S/C16H20O4/c1-9-10(2)20-11(3)15(9)16(17)12-6-7-13(18-4)14(8-12)19-5/h6-8,16-17H,1-5H3. The summed E-state index contributed by atoms with van der Waals surface area (Å²) in [5, 5.41) is 10.6. The molecule has 108 valence electrons. The smallest absolute Gasteiger partial charge is 0.161 e. The summed E-state index contributed by atoms with van der Waals surface area (Å²) >= 11 is 0. The first-order valence-corrected chi connectivity index (χ1v) is 6.46. The van der Waals surface area contributed by atoms with E-state index in [1.165, 1.54) is 0 Å². The number of hydrogen-bond donors (Lipinski definition) is 1. The molecule has 0 aliphatic rings. The molecule has 0 aliphatic carbocycles. The number of aryl methyl sites for hydroxylation is 2. The number of aliphatic hydroxyl groups excluding tert-OH is 1. The lowest BCUT2D eigenvalue weighted by atomic mass is 9.98. The van der Waals surface area contributed by atoms with Crippen LogP contribution in [-0.2, 0) is 0 Å². The number of furan rings is 1. The highest BCUT2D eigenvalue weighted by Crippen LogP contribution is 2.35. The Morgan fingerprint density at radius 1 is 1.00 bits per heavy atom. The van der Waals surface area contributed by atoms with Crippen LogP contribution >= 0.6 is 0 Å². The quantitative estimate of drug-likeness (QED) is 0.931. The summed E-state index contributed by atoms with van der Waals surface area (Å²) in [7, 11) is 3.16. The van der Waals surface area contributed by atoms with Gasteiger partial charge in [-0.05, 0) is 44.0 Å². The van der Waals surface area contributed by atoms with Gasteiger partial charge in [0, 0.05) is 5.56 Å². The van der Waals surface area contributed by atoms with Crippen molar-refractivity contribution in [3.05, 3.63) is 46.4 Å². The fourth-order valence-electron chi connectivity index (χ4n) is 2.40. The van der Waals surface area contributed by atoms with Gasteiger partial charge in [-0.2, -0.15) is 0 Å². The van der Waals surface area contributed by atoms with E-state index in [-0.39, 0.29) is 0 Å². The molecule has 1 heterocycles. The van der Waals surface area contributed by atoms with Gasteiger partial charge >= 0.3 is 0 Å². The summed E-state index contributed by atoms with van der Waals surface area (Å²) in [6, 6.07) is 5.40. The van der Waals surface area contributed by atoms with E-state index in [4.69, 9.17) is 13.9 Å². The molecule has 1 atom stereocenters. The second kappa shape index (κ2) is 5.59. The van der Waals surface area contributed by atoms with Crippen LogP contribution in [0.15, 0.2) is 22.6 Å². The SMILES string of the molecule is COc1ccc(C(O)c2c(C)oc(C)c2C)cc1OC. The molecule has 0 aliphatic heterocycles. The summed E-state index contributed by atoms with van der Waals surface area (Å²) in [4.78, 5) is 0. The molecule has 1 N–H and O–H groups in total. The minimum atomic E-state index is -0.743. The van der Waals surface area contributed by atoms with E-state index in [0.717, 1.165) is 28.2 Å². The number of methoxy groups -OCH3 is 2. The summed E-state index contributed by atoms with van der Waals surface area (Å²) in [6.07, 6.45) is -0.743. The molecule has 4 nitrogen and oxygen atoms in total. The molecule has 2 rings (SSSR count). The normalized spacial score (nSPS) is 12.3. The van der Waals surface area contributed by atoms with Gasteiger partial charge in [0.05, 0.1) is 14.2 Å². The third-order valence-electron chi connectivity index (χ3n) is 3.61. The van der Waals surface area contributed by atoms with Crippen molar-refractivity contribution in [2.75, 3.05) is 14.2 Å². The predicted octanol–water partition coefficient (Wildman–Crippen LogP) is 3.30. The average molecular weight is 276 g/mol. The van der Waals surface area contributed by atoms with Gasteiger partial charge in [-0.3, -0.25) is 0 Å². The topological polar surface area (TPSA) is 51.8 Å². The van der Waals surface area contributed by atoms with Crippen molar-refractivity contribution < 1.29 is 19.0 Å². The monoisotopic (exact) mass is 276 g/mol. The van der Waals surface area contributed by atoms with Gasteiger partial charge in [0.1, 0.15) is 17.6 Å². The molecule has 0 bridgehead atoms. The van der Waals surface area contributed by atoms with Gasteiger partial charge in [-0.1, -0.05) is 6.07 Å². The van der Waals surface area contributed by atoms with E-state index in [0.29, 0.717) is 11.5 Å². The molecule has 0 spiro atoms. The van der Waals surface area contributed by atoms with Crippen LogP contribution in [0, 0.1) is 20.8 Å². The van der Waals surface area contributed by atoms with Crippen molar-refractivity contribution in [1.29, 1.82) is 0 Å². The average Bonchev–Trinajstić information content (AvgIpc) is 2.70. The molecular formula is C16H20O4. The number of benzene rings is 1. The molecule has 0 saturated heterocycles. The van der Waals surface area contributed by atoms with E-state index >= 15 is 0 Å². The Morgan fingerprint density at radius 3 is 2.15 bits per heavy atom. The van der Waals surface area contributed by atoms with Gasteiger partial charge in [-0.15, -0.1) is 0 Å². The van der Waals surface area contributed by atoms with Crippen LogP contribution in [0.4, 0.5) is 0 Å². The molecule has 4 heteroatoms. The van der Waals surface area contributed by atoms with Gasteiger partial charge in [0.15, 0.2) is 11.5 Å². The minimum absolute atomic E-state index is 0.597. The Bertz CT molecular complexity index is 613. The summed E-state index contributed by atoms with van der Waals surface area (Å²) in [5.41, 5.74) is 2.54. The third-order valence-corrected chi connectivity index (χ3v) is 3.61. The van der Waals surface area contributed by atoms with Crippen LogP contribution in [0.3, 0.4) is 0 Å². The van der Waals surface area contributed by atoms with Crippen molar-refractivity contribution in [1.82, 2.24) is 0 Å². The highest BCUT2D eigenvalue weighted by molar-refractivity contribution is 5.47. The van der Waals surface area contributed by atoms with Gasteiger partial charge in [0.2, 0.25) is 0 Å². The molecule has 0 amide bonds. The van der Waals surface area contributed by atoms with E-state index < -0.39 is 6.10 Å². The molecule has 1 aromatic heterocycles. The van der Waals surface area contributed by atoms with Crippen molar-refractivity contribution in [3.63, 3.8) is 0 Å². The fourth-order valence-corrected chi connectivity index (χ4v) is 2.40. The number of aliphatic hydroxyl groups is 1. The van der Waals surface area contributed by atoms with Crippen molar-refractivity contribution in [3.8, 4) is 11.5 Å². The third kappa shape index (κ3) is 2.39. The van der Waals surface area contributed by atoms with Gasteiger partial charge in [-0.25, -0.2) is 0 Å². The largest absolute Gasteiger partial charge is 0.493 e. The molecular weight excluding hydrogens is 256 g/mol. The van der Waals surface area contributed by atoms with Gasteiger partial charge < -0.3 is 19.0 Å². The van der Waals surface area contributed by atoms with Crippen LogP contribution in [0.5, 0.6) is 11.5 Å². The lowest BCUT2D eigenvalue weighted by Crippen LogP contribution is -2.03. The van der Waals surface area contributed by atoms with Crippen LogP contribution in [0.1, 0.15) is 34.3 Å². The van der Waals surface area contributed by atoms with Crippen LogP contribution < -0.4 is 9.47 Å². The minimum Gasteiger partial charge on any atom is -0.493 e. The number of hydrogen-bond acceptors (Lipinski definition) is 4.